The first-order valence-corrected chi connectivity index (χ1v) is 14.6. The van der Waals surface area contributed by atoms with Gasteiger partial charge in [0.25, 0.3) is 5.91 Å². The molecule has 3 atom stereocenters. The zero-order chi connectivity index (χ0) is 27.3. The van der Waals surface area contributed by atoms with Crippen LogP contribution in [-0.4, -0.2) is 55.6 Å². The van der Waals surface area contributed by atoms with Gasteiger partial charge in [0, 0.05) is 43.3 Å². The maximum absolute atomic E-state index is 13.3. The fourth-order valence-electron chi connectivity index (χ4n) is 5.29. The number of nitrogens with one attached hydrogen (secondary N) is 3. The first kappa shape index (κ1) is 27.8. The Kier molecular flexibility index (Phi) is 8.83. The topological polar surface area (TPSA) is 125 Å². The van der Waals surface area contributed by atoms with E-state index in [1.165, 1.54) is 23.4 Å². The lowest BCUT2D eigenvalue weighted by molar-refractivity contribution is -0.127. The highest BCUT2D eigenvalue weighted by molar-refractivity contribution is 7.89. The second-order valence-electron chi connectivity index (χ2n) is 10.2. The monoisotopic (exact) mass is 540 g/mol. The molecule has 3 N–H and O–H groups in total. The Hall–Kier alpha value is -3.24. The maximum atomic E-state index is 13.3. The summed E-state index contributed by atoms with van der Waals surface area (Å²) in [5.41, 5.74) is 2.04. The lowest BCUT2D eigenvalue weighted by Gasteiger charge is -2.36. The second-order valence-corrected chi connectivity index (χ2v) is 12.1. The summed E-state index contributed by atoms with van der Waals surface area (Å²) in [4.78, 5) is 37.6. The van der Waals surface area contributed by atoms with Gasteiger partial charge >= 0.3 is 0 Å². The van der Waals surface area contributed by atoms with Gasteiger partial charge in [0.15, 0.2) is 0 Å². The highest BCUT2D eigenvalue weighted by Gasteiger charge is 2.35. The normalized spacial score (nSPS) is 22.3. The Balaban J connectivity index is 1.39. The Morgan fingerprint density at radius 2 is 1.53 bits per heavy atom. The third-order valence-corrected chi connectivity index (χ3v) is 9.25. The van der Waals surface area contributed by atoms with Crippen molar-refractivity contribution >= 4 is 33.4 Å². The van der Waals surface area contributed by atoms with Gasteiger partial charge in [-0.15, -0.1) is 0 Å². The highest BCUT2D eigenvalue weighted by atomic mass is 32.2. The molecular formula is C28H36N4O5S. The molecule has 4 rings (SSSR count). The van der Waals surface area contributed by atoms with E-state index in [0.29, 0.717) is 30.6 Å². The fraction of sp³-hybridized carbons (Fsp3) is 0.464. The van der Waals surface area contributed by atoms with Gasteiger partial charge in [0.1, 0.15) is 0 Å². The van der Waals surface area contributed by atoms with Gasteiger partial charge in [-0.25, -0.2) is 8.42 Å². The average Bonchev–Trinajstić information content (AvgIpc) is 2.90. The van der Waals surface area contributed by atoms with Crippen molar-refractivity contribution in [3.63, 3.8) is 0 Å². The van der Waals surface area contributed by atoms with Crippen LogP contribution in [0.25, 0.3) is 0 Å². The largest absolute Gasteiger partial charge is 0.351 e. The third kappa shape index (κ3) is 6.60. The van der Waals surface area contributed by atoms with Gasteiger partial charge in [-0.2, -0.15) is 4.31 Å². The summed E-state index contributed by atoms with van der Waals surface area (Å²) in [6, 6.07) is 13.1. The number of carbonyl (C=O) groups excluding carboxylic acids is 3. The lowest BCUT2D eigenvalue weighted by atomic mass is 9.89. The molecule has 204 valence electrons. The SMILES string of the molecule is CC(=O)Nc1ccc(S(=O)(=O)N2CCC[C@@H](C(=O)N[C@@H]3CCCC[C@H]3NC(=O)c3ccccc3C)C2)cc1. The smallest absolute Gasteiger partial charge is 0.251 e. The molecule has 1 aliphatic carbocycles. The summed E-state index contributed by atoms with van der Waals surface area (Å²) < 4.78 is 27.9. The zero-order valence-electron chi connectivity index (χ0n) is 21.9. The molecule has 0 spiro atoms. The van der Waals surface area contributed by atoms with Gasteiger partial charge in [0.05, 0.1) is 10.8 Å². The number of hydrogen-bond acceptors (Lipinski definition) is 5. The molecule has 0 radical (unpaired) electrons. The number of sulfonamides is 1. The molecular weight excluding hydrogens is 504 g/mol. The zero-order valence-corrected chi connectivity index (χ0v) is 22.7. The number of nitrogens with zero attached hydrogens (tertiary/aromatic N) is 1. The first-order valence-electron chi connectivity index (χ1n) is 13.2. The van der Waals surface area contributed by atoms with E-state index >= 15 is 0 Å². The molecule has 0 bridgehead atoms. The molecule has 10 heteroatoms. The number of aryl methyl sites for hydroxylation is 1. The van der Waals surface area contributed by atoms with Gasteiger partial charge in [-0.3, -0.25) is 14.4 Å². The van der Waals surface area contributed by atoms with Gasteiger partial charge in [0.2, 0.25) is 21.8 Å². The molecule has 1 saturated heterocycles. The molecule has 0 unspecified atom stereocenters. The molecule has 0 aromatic heterocycles. The summed E-state index contributed by atoms with van der Waals surface area (Å²) in [6.07, 6.45) is 4.66. The lowest BCUT2D eigenvalue weighted by Crippen LogP contribution is -2.55. The van der Waals surface area contributed by atoms with E-state index in [2.05, 4.69) is 16.0 Å². The van der Waals surface area contributed by atoms with Crippen LogP contribution in [0.4, 0.5) is 5.69 Å². The van der Waals surface area contributed by atoms with Gasteiger partial charge < -0.3 is 16.0 Å². The van der Waals surface area contributed by atoms with Crippen LogP contribution in [0, 0.1) is 12.8 Å². The van der Waals surface area contributed by atoms with E-state index in [-0.39, 0.29) is 41.2 Å². The average molecular weight is 541 g/mol. The predicted octanol–water partition coefficient (Wildman–Crippen LogP) is 3.21. The molecule has 2 aromatic rings. The van der Waals surface area contributed by atoms with Crippen molar-refractivity contribution in [2.24, 2.45) is 5.92 Å². The van der Waals surface area contributed by atoms with Crippen molar-refractivity contribution in [3.8, 4) is 0 Å². The Morgan fingerprint density at radius 1 is 0.868 bits per heavy atom. The number of amides is 3. The van der Waals surface area contributed by atoms with Crippen molar-refractivity contribution in [2.75, 3.05) is 18.4 Å². The van der Waals surface area contributed by atoms with E-state index in [1.54, 1.807) is 18.2 Å². The number of benzene rings is 2. The minimum Gasteiger partial charge on any atom is -0.351 e. The molecule has 1 heterocycles. The highest BCUT2D eigenvalue weighted by Crippen LogP contribution is 2.26. The van der Waals surface area contributed by atoms with Crippen LogP contribution in [0.5, 0.6) is 0 Å². The van der Waals surface area contributed by atoms with E-state index < -0.39 is 15.9 Å². The molecule has 3 amide bonds. The Morgan fingerprint density at radius 3 is 2.18 bits per heavy atom. The maximum Gasteiger partial charge on any atom is 0.251 e. The van der Waals surface area contributed by atoms with E-state index in [0.717, 1.165) is 31.2 Å². The molecule has 2 aromatic carbocycles. The van der Waals surface area contributed by atoms with Crippen LogP contribution in [-0.2, 0) is 19.6 Å². The van der Waals surface area contributed by atoms with Crippen LogP contribution in [0.1, 0.15) is 61.4 Å². The standard InChI is InChI=1S/C28H36N4O5S/c1-19-8-3-4-10-24(19)28(35)31-26-12-6-5-11-25(26)30-27(34)21-9-7-17-32(18-21)38(36,37)23-15-13-22(14-16-23)29-20(2)33/h3-4,8,10,13-16,21,25-26H,5-7,9,11-12,17-18H2,1-2H3,(H,29,33)(H,30,34)(H,31,35)/t21-,25-,26-/m1/s1. The predicted molar refractivity (Wildman–Crippen MR) is 145 cm³/mol. The van der Waals surface area contributed by atoms with Gasteiger partial charge in [-0.1, -0.05) is 31.0 Å². The van der Waals surface area contributed by atoms with Crippen LogP contribution >= 0.6 is 0 Å². The van der Waals surface area contributed by atoms with E-state index in [4.69, 9.17) is 0 Å². The van der Waals surface area contributed by atoms with Crippen LogP contribution in [0.3, 0.4) is 0 Å². The first-order chi connectivity index (χ1) is 18.1. The molecule has 1 saturated carbocycles. The molecule has 1 aliphatic heterocycles. The van der Waals surface area contributed by atoms with Crippen LogP contribution < -0.4 is 16.0 Å². The summed E-state index contributed by atoms with van der Waals surface area (Å²) >= 11 is 0. The number of rotatable bonds is 7. The number of carbonyl (C=O) groups is 3. The van der Waals surface area contributed by atoms with Crippen molar-refractivity contribution in [2.45, 2.75) is 69.4 Å². The Bertz CT molecular complexity index is 1280. The van der Waals surface area contributed by atoms with Gasteiger partial charge in [-0.05, 0) is 68.5 Å². The minimum atomic E-state index is -3.78. The third-order valence-electron chi connectivity index (χ3n) is 7.37. The summed E-state index contributed by atoms with van der Waals surface area (Å²) in [7, 11) is -3.78. The molecule has 38 heavy (non-hydrogen) atoms. The van der Waals surface area contributed by atoms with Crippen molar-refractivity contribution in [1.82, 2.24) is 14.9 Å². The molecule has 9 nitrogen and oxygen atoms in total. The summed E-state index contributed by atoms with van der Waals surface area (Å²) in [5.74, 6) is -1.02. The van der Waals surface area contributed by atoms with Crippen molar-refractivity contribution in [3.05, 3.63) is 59.7 Å². The second kappa shape index (κ2) is 12.1. The fourth-order valence-corrected chi connectivity index (χ4v) is 6.81. The summed E-state index contributed by atoms with van der Waals surface area (Å²) in [6.45, 7) is 3.74. The van der Waals surface area contributed by atoms with Crippen LogP contribution in [0.15, 0.2) is 53.4 Å². The van der Waals surface area contributed by atoms with E-state index in [1.807, 2.05) is 25.1 Å². The quantitative estimate of drug-likeness (QED) is 0.498. The van der Waals surface area contributed by atoms with Crippen molar-refractivity contribution < 1.29 is 22.8 Å². The number of piperidine rings is 1. The number of hydrogen-bond donors (Lipinski definition) is 3. The number of anilines is 1. The van der Waals surface area contributed by atoms with Crippen LogP contribution in [0.2, 0.25) is 0 Å². The molecule has 2 fully saturated rings. The van der Waals surface area contributed by atoms with E-state index in [9.17, 15) is 22.8 Å². The Labute approximate surface area is 224 Å². The van der Waals surface area contributed by atoms with Crippen molar-refractivity contribution in [1.29, 1.82) is 0 Å². The summed E-state index contributed by atoms with van der Waals surface area (Å²) in [5, 5.41) is 8.88. The minimum absolute atomic E-state index is 0.106. The molecule has 2 aliphatic rings.